The number of ether oxygens (including phenoxy) is 5. The summed E-state index contributed by atoms with van der Waals surface area (Å²) in [7, 11) is -6.45. The van der Waals surface area contributed by atoms with Crippen LogP contribution < -0.4 is 14.2 Å². The van der Waals surface area contributed by atoms with Gasteiger partial charge in [-0.2, -0.15) is 13.2 Å². The van der Waals surface area contributed by atoms with Crippen LogP contribution in [-0.2, 0) is 37.1 Å². The summed E-state index contributed by atoms with van der Waals surface area (Å²) in [5.41, 5.74) is -4.44. The van der Waals surface area contributed by atoms with Gasteiger partial charge in [0.2, 0.25) is 0 Å². The fraction of sp³-hybridized carbons (Fsp3) is 0.273. The van der Waals surface area contributed by atoms with Gasteiger partial charge in [-0.1, -0.05) is 48.5 Å². The number of fused-ring (bicyclic) bond motifs is 2. The maximum Gasteiger partial charge on any atom is 0.485 e. The van der Waals surface area contributed by atoms with Crippen molar-refractivity contribution in [3.63, 3.8) is 0 Å². The summed E-state index contributed by atoms with van der Waals surface area (Å²) in [5.74, 6) is 2.51. The first kappa shape index (κ1) is 40.4. The van der Waals surface area contributed by atoms with Crippen molar-refractivity contribution in [2.24, 2.45) is 0 Å². The van der Waals surface area contributed by atoms with Gasteiger partial charge in [0.15, 0.2) is 37.4 Å². The first-order chi connectivity index (χ1) is 27.5. The molecule has 2 fully saturated rings. The van der Waals surface area contributed by atoms with E-state index in [1.807, 2.05) is 0 Å². The number of hydrogen-bond acceptors (Lipinski definition) is 8. The van der Waals surface area contributed by atoms with E-state index in [1.54, 1.807) is 0 Å². The Labute approximate surface area is 332 Å². The fourth-order valence-corrected chi connectivity index (χ4v) is 8.76. The standard InChI is InChI=1S/C43H41O5S.CHF3O3S/c1-3-11-39-31(9-1)29-32-10-2-4-12-40(32)41(39)30-46-33-15-21-36(22-16-33)49(37-23-17-34(18-24-37)47-42-13-5-7-27-44-42)38-25-19-35(20-26-38)48-43-14-6-8-28-45-43;2-1(3,4)8(5,6)7/h1-4,9-12,15-26,29,42-43H,5-8,13-14,27-28,30H2;(H,5,6,7)/q+1;/p-1. The van der Waals surface area contributed by atoms with Gasteiger partial charge < -0.3 is 28.2 Å². The molecular weight excluding hydrogens is 778 g/mol. The van der Waals surface area contributed by atoms with Crippen molar-refractivity contribution in [2.45, 2.75) is 77.9 Å². The second-order valence-corrected chi connectivity index (χ2v) is 16.9. The van der Waals surface area contributed by atoms with Gasteiger partial charge >= 0.3 is 5.51 Å². The molecule has 2 unspecified atom stereocenters. The Morgan fingerprint density at radius 3 is 1.40 bits per heavy atom. The molecular formula is C44H41F3O8S2. The molecule has 8 nitrogen and oxygen atoms in total. The quantitative estimate of drug-likeness (QED) is 0.0583. The van der Waals surface area contributed by atoms with Crippen LogP contribution in [0.1, 0.15) is 44.1 Å². The van der Waals surface area contributed by atoms with Gasteiger partial charge in [0.25, 0.3) is 0 Å². The molecule has 8 rings (SSSR count). The molecule has 0 aromatic heterocycles. The Hall–Kier alpha value is -4.79. The first-order valence-electron chi connectivity index (χ1n) is 18.7. The van der Waals surface area contributed by atoms with E-state index < -0.39 is 15.6 Å². The number of alkyl halides is 3. The summed E-state index contributed by atoms with van der Waals surface area (Å²) in [6.07, 6.45) is 5.99. The lowest BCUT2D eigenvalue weighted by Gasteiger charge is -2.23. The molecule has 0 amide bonds. The largest absolute Gasteiger partial charge is 0.741 e. The molecule has 2 aliphatic rings. The smallest absolute Gasteiger partial charge is 0.485 e. The van der Waals surface area contributed by atoms with Gasteiger partial charge in [0.05, 0.1) is 24.1 Å². The van der Waals surface area contributed by atoms with Crippen LogP contribution >= 0.6 is 0 Å². The minimum absolute atomic E-state index is 0.169. The molecule has 2 aliphatic heterocycles. The first-order valence-corrected chi connectivity index (χ1v) is 21.3. The van der Waals surface area contributed by atoms with Crippen LogP contribution in [0.3, 0.4) is 0 Å². The molecule has 2 saturated heterocycles. The molecule has 6 aromatic rings. The van der Waals surface area contributed by atoms with Crippen molar-refractivity contribution >= 4 is 42.6 Å². The minimum atomic E-state index is -6.09. The molecule has 0 saturated carbocycles. The van der Waals surface area contributed by atoms with Gasteiger partial charge in [-0.15, -0.1) is 0 Å². The summed E-state index contributed by atoms with van der Waals surface area (Å²) in [4.78, 5) is 3.62. The minimum Gasteiger partial charge on any atom is -0.741 e. The monoisotopic (exact) mass is 818 g/mol. The van der Waals surface area contributed by atoms with Crippen molar-refractivity contribution in [3.05, 3.63) is 133 Å². The van der Waals surface area contributed by atoms with Crippen LogP contribution in [0, 0.1) is 0 Å². The second kappa shape index (κ2) is 18.2. The maximum atomic E-state index is 10.7. The van der Waals surface area contributed by atoms with E-state index in [2.05, 4.69) is 127 Å². The predicted molar refractivity (Wildman–Crippen MR) is 211 cm³/mol. The van der Waals surface area contributed by atoms with Crippen LogP contribution in [0.25, 0.3) is 21.5 Å². The lowest BCUT2D eigenvalue weighted by molar-refractivity contribution is -0.106. The predicted octanol–water partition coefficient (Wildman–Crippen LogP) is 10.5. The van der Waals surface area contributed by atoms with Gasteiger partial charge in [-0.3, -0.25) is 0 Å². The molecule has 0 N–H and O–H groups in total. The zero-order chi connectivity index (χ0) is 39.8. The highest BCUT2D eigenvalue weighted by Gasteiger charge is 2.37. The normalized spacial score (nSPS) is 18.0. The van der Waals surface area contributed by atoms with Crippen LogP contribution in [-0.4, -0.2) is 44.3 Å². The highest BCUT2D eigenvalue weighted by atomic mass is 32.2. The summed E-state index contributed by atoms with van der Waals surface area (Å²) >= 11 is 0. The third kappa shape index (κ3) is 10.4. The highest BCUT2D eigenvalue weighted by Crippen LogP contribution is 2.36. The van der Waals surface area contributed by atoms with E-state index in [1.165, 1.54) is 41.8 Å². The fourth-order valence-electron chi connectivity index (χ4n) is 6.72. The van der Waals surface area contributed by atoms with Crippen LogP contribution in [0.4, 0.5) is 13.2 Å². The summed E-state index contributed by atoms with van der Waals surface area (Å²) in [6.45, 7) is 2.01. The molecule has 298 valence electrons. The number of rotatable bonds is 10. The van der Waals surface area contributed by atoms with Crippen molar-refractivity contribution in [2.75, 3.05) is 13.2 Å². The Balaban J connectivity index is 0.000000562. The molecule has 13 heteroatoms. The van der Waals surface area contributed by atoms with Gasteiger partial charge in [-0.05, 0) is 126 Å². The zero-order valence-electron chi connectivity index (χ0n) is 30.9. The summed E-state index contributed by atoms with van der Waals surface area (Å²) in [5, 5.41) is 4.91. The molecule has 2 heterocycles. The average Bonchev–Trinajstić information content (AvgIpc) is 3.21. The highest BCUT2D eigenvalue weighted by molar-refractivity contribution is 7.97. The Morgan fingerprint density at radius 2 is 1.02 bits per heavy atom. The van der Waals surface area contributed by atoms with E-state index in [-0.39, 0.29) is 23.5 Å². The van der Waals surface area contributed by atoms with Crippen molar-refractivity contribution in [3.8, 4) is 17.2 Å². The third-order valence-corrected chi connectivity index (χ3v) is 12.3. The van der Waals surface area contributed by atoms with Crippen molar-refractivity contribution < 1.29 is 49.8 Å². The van der Waals surface area contributed by atoms with E-state index in [9.17, 15) is 13.2 Å². The van der Waals surface area contributed by atoms with E-state index in [0.29, 0.717) is 6.61 Å². The molecule has 0 aliphatic carbocycles. The molecule has 2 atom stereocenters. The average molecular weight is 819 g/mol. The van der Waals surface area contributed by atoms with Crippen molar-refractivity contribution in [1.82, 2.24) is 0 Å². The Bertz CT molecular complexity index is 2220. The van der Waals surface area contributed by atoms with Gasteiger partial charge in [0, 0.05) is 18.4 Å². The molecule has 0 spiro atoms. The molecule has 0 bridgehead atoms. The lowest BCUT2D eigenvalue weighted by Crippen LogP contribution is -2.25. The topological polar surface area (TPSA) is 103 Å². The molecule has 0 radical (unpaired) electrons. The second-order valence-electron chi connectivity index (χ2n) is 13.5. The maximum absolute atomic E-state index is 10.7. The number of benzene rings is 6. The van der Waals surface area contributed by atoms with E-state index in [4.69, 9.17) is 36.7 Å². The third-order valence-electron chi connectivity index (χ3n) is 9.54. The zero-order valence-corrected chi connectivity index (χ0v) is 32.5. The number of hydrogen-bond donors (Lipinski definition) is 0. The molecule has 57 heavy (non-hydrogen) atoms. The summed E-state index contributed by atoms with van der Waals surface area (Å²) < 4.78 is 89.3. The SMILES string of the molecule is O=S(=O)([O-])C(F)(F)F.c1ccc2c(COc3ccc([S+](c4ccc(OC5CCCCO5)cc4)c4ccc(OC5CCCCO5)cc4)cc3)c3ccccc3cc2c1. The summed E-state index contributed by atoms with van der Waals surface area (Å²) in [6, 6.07) is 44.9. The van der Waals surface area contributed by atoms with Gasteiger partial charge in [-0.25, -0.2) is 8.42 Å². The van der Waals surface area contributed by atoms with E-state index in [0.717, 1.165) is 69.0 Å². The molecule has 6 aromatic carbocycles. The number of halogens is 3. The van der Waals surface area contributed by atoms with Crippen LogP contribution in [0.2, 0.25) is 0 Å². The van der Waals surface area contributed by atoms with Crippen LogP contribution in [0.15, 0.2) is 142 Å². The van der Waals surface area contributed by atoms with E-state index >= 15 is 0 Å². The van der Waals surface area contributed by atoms with Crippen molar-refractivity contribution in [1.29, 1.82) is 0 Å². The lowest BCUT2D eigenvalue weighted by atomic mass is 9.97. The Kier molecular flexibility index (Phi) is 12.9. The van der Waals surface area contributed by atoms with Crippen LogP contribution in [0.5, 0.6) is 17.2 Å². The van der Waals surface area contributed by atoms with Gasteiger partial charge in [0.1, 0.15) is 23.9 Å². The Morgan fingerprint density at radius 1 is 0.614 bits per heavy atom.